The Hall–Kier alpha value is -4.26. The summed E-state index contributed by atoms with van der Waals surface area (Å²) in [6.45, 7) is 3.28. The van der Waals surface area contributed by atoms with E-state index in [0.29, 0.717) is 22.6 Å². The fourth-order valence-corrected chi connectivity index (χ4v) is 3.52. The minimum Gasteiger partial charge on any atom is -0.350 e. The molecule has 0 aromatic heterocycles. The Labute approximate surface area is 184 Å². The molecular weight excluding hydrogens is 409 g/mol. The Balaban J connectivity index is 1.75. The summed E-state index contributed by atoms with van der Waals surface area (Å²) in [4.78, 5) is 39.0. The average Bonchev–Trinajstić information content (AvgIpc) is 2.99. The number of nitrogens with zero attached hydrogens (tertiary/aromatic N) is 1. The maximum Gasteiger partial charge on any atom is 0.282 e. The maximum atomic E-state index is 13.5. The van der Waals surface area contributed by atoms with Gasteiger partial charge in [-0.25, -0.2) is 9.29 Å². The van der Waals surface area contributed by atoms with E-state index in [0.717, 1.165) is 10.5 Å². The fraction of sp³-hybridized carbons (Fsp3) is 0.0800. The number of halogens is 1. The zero-order valence-corrected chi connectivity index (χ0v) is 17.5. The number of hydrogen-bond acceptors (Lipinski definition) is 4. The largest absolute Gasteiger partial charge is 0.350 e. The van der Waals surface area contributed by atoms with Crippen LogP contribution in [0.25, 0.3) is 5.57 Å². The first-order valence-electron chi connectivity index (χ1n) is 9.94. The highest BCUT2D eigenvalue weighted by Gasteiger charge is 2.40. The van der Waals surface area contributed by atoms with Gasteiger partial charge in [0.25, 0.3) is 11.8 Å². The molecule has 3 aromatic rings. The normalized spacial score (nSPS) is 13.5. The molecular formula is C25H20FN3O3. The third-order valence-corrected chi connectivity index (χ3v) is 4.95. The summed E-state index contributed by atoms with van der Waals surface area (Å²) < 4.78 is 13.5. The zero-order valence-electron chi connectivity index (χ0n) is 17.5. The lowest BCUT2D eigenvalue weighted by atomic mass is 10.0. The lowest BCUT2D eigenvalue weighted by Gasteiger charge is -2.16. The molecule has 0 aliphatic carbocycles. The van der Waals surface area contributed by atoms with E-state index in [-0.39, 0.29) is 17.2 Å². The van der Waals surface area contributed by atoms with Gasteiger partial charge in [0.1, 0.15) is 11.5 Å². The average molecular weight is 429 g/mol. The molecule has 0 bridgehead atoms. The van der Waals surface area contributed by atoms with Crippen molar-refractivity contribution in [1.29, 1.82) is 0 Å². The van der Waals surface area contributed by atoms with Crippen molar-refractivity contribution >= 4 is 40.4 Å². The van der Waals surface area contributed by atoms with Crippen molar-refractivity contribution in [3.05, 3.63) is 95.4 Å². The van der Waals surface area contributed by atoms with E-state index in [9.17, 15) is 18.8 Å². The molecule has 1 heterocycles. The van der Waals surface area contributed by atoms with Crippen LogP contribution in [0.1, 0.15) is 18.1 Å². The van der Waals surface area contributed by atoms with Crippen LogP contribution in [0.3, 0.4) is 0 Å². The molecule has 0 spiro atoms. The minimum absolute atomic E-state index is 0.0930. The number of imide groups is 1. The second-order valence-corrected chi connectivity index (χ2v) is 7.43. The van der Waals surface area contributed by atoms with Gasteiger partial charge < -0.3 is 10.6 Å². The molecule has 0 saturated heterocycles. The van der Waals surface area contributed by atoms with E-state index >= 15 is 0 Å². The predicted molar refractivity (Wildman–Crippen MR) is 121 cm³/mol. The van der Waals surface area contributed by atoms with Crippen molar-refractivity contribution in [3.63, 3.8) is 0 Å². The van der Waals surface area contributed by atoms with Crippen LogP contribution in [-0.2, 0) is 14.4 Å². The van der Waals surface area contributed by atoms with Crippen LogP contribution in [0.4, 0.5) is 21.5 Å². The Kier molecular flexibility index (Phi) is 5.55. The standard InChI is InChI=1S/C25H20FN3O3/c1-15-4-3-5-21(14-15)29-24(31)22(17-6-8-18(26)9-7-17)23(25(29)32)28-20-12-10-19(11-13-20)27-16(2)30/h3-14,28H,1-2H3,(H,27,30). The molecule has 7 heteroatoms. The van der Waals surface area contributed by atoms with Crippen molar-refractivity contribution in [1.82, 2.24) is 0 Å². The maximum absolute atomic E-state index is 13.5. The number of carbonyl (C=O) groups excluding carboxylic acids is 3. The van der Waals surface area contributed by atoms with Gasteiger partial charge in [-0.2, -0.15) is 0 Å². The summed E-state index contributed by atoms with van der Waals surface area (Å²) in [6.07, 6.45) is 0. The van der Waals surface area contributed by atoms with E-state index in [1.54, 1.807) is 42.5 Å². The van der Waals surface area contributed by atoms with E-state index in [4.69, 9.17) is 0 Å². The molecule has 0 atom stereocenters. The summed E-state index contributed by atoms with van der Waals surface area (Å²) in [5.74, 6) is -1.64. The molecule has 1 aliphatic heterocycles. The lowest BCUT2D eigenvalue weighted by Crippen LogP contribution is -2.32. The molecule has 2 N–H and O–H groups in total. The summed E-state index contributed by atoms with van der Waals surface area (Å²) in [7, 11) is 0. The van der Waals surface area contributed by atoms with Gasteiger partial charge in [0, 0.05) is 18.3 Å². The summed E-state index contributed by atoms with van der Waals surface area (Å²) in [5, 5.41) is 5.71. The third kappa shape index (κ3) is 4.13. The highest BCUT2D eigenvalue weighted by Crippen LogP contribution is 2.34. The Bertz CT molecular complexity index is 1250. The first kappa shape index (κ1) is 21.0. The van der Waals surface area contributed by atoms with Gasteiger partial charge in [0.2, 0.25) is 5.91 Å². The molecule has 3 amide bonds. The van der Waals surface area contributed by atoms with Crippen molar-refractivity contribution < 1.29 is 18.8 Å². The zero-order chi connectivity index (χ0) is 22.8. The summed E-state index contributed by atoms with van der Waals surface area (Å²) >= 11 is 0. The van der Waals surface area contributed by atoms with Gasteiger partial charge in [-0.05, 0) is 66.6 Å². The number of hydrogen-bond donors (Lipinski definition) is 2. The summed E-state index contributed by atoms with van der Waals surface area (Å²) in [6, 6.07) is 19.3. The van der Waals surface area contributed by atoms with Crippen molar-refractivity contribution in [2.75, 3.05) is 15.5 Å². The highest BCUT2D eigenvalue weighted by molar-refractivity contribution is 6.46. The van der Waals surface area contributed by atoms with Gasteiger partial charge in [-0.15, -0.1) is 0 Å². The SMILES string of the molecule is CC(=O)Nc1ccc(NC2=C(c3ccc(F)cc3)C(=O)N(c3cccc(C)c3)C2=O)cc1. The monoisotopic (exact) mass is 429 g/mol. The number of rotatable bonds is 5. The van der Waals surface area contributed by atoms with Crippen molar-refractivity contribution in [3.8, 4) is 0 Å². The minimum atomic E-state index is -0.508. The van der Waals surface area contributed by atoms with E-state index in [1.165, 1.54) is 31.2 Å². The van der Waals surface area contributed by atoms with E-state index < -0.39 is 17.6 Å². The van der Waals surface area contributed by atoms with Crippen molar-refractivity contribution in [2.24, 2.45) is 0 Å². The molecule has 6 nitrogen and oxygen atoms in total. The summed E-state index contributed by atoms with van der Waals surface area (Å²) in [5.41, 5.74) is 3.20. The molecule has 4 rings (SSSR count). The number of carbonyl (C=O) groups is 3. The molecule has 0 saturated carbocycles. The van der Waals surface area contributed by atoms with Crippen LogP contribution < -0.4 is 15.5 Å². The number of nitrogens with one attached hydrogen (secondary N) is 2. The Morgan fingerprint density at radius 1 is 0.875 bits per heavy atom. The van der Waals surface area contributed by atoms with Crippen LogP contribution in [0, 0.1) is 12.7 Å². The topological polar surface area (TPSA) is 78.5 Å². The van der Waals surface area contributed by atoms with Gasteiger partial charge in [0.15, 0.2) is 0 Å². The Morgan fingerprint density at radius 2 is 1.53 bits per heavy atom. The smallest absolute Gasteiger partial charge is 0.282 e. The van der Waals surface area contributed by atoms with Gasteiger partial charge in [0.05, 0.1) is 11.3 Å². The first-order chi connectivity index (χ1) is 15.3. The molecule has 1 aliphatic rings. The van der Waals surface area contributed by atoms with Gasteiger partial charge in [-0.1, -0.05) is 24.3 Å². The fourth-order valence-electron chi connectivity index (χ4n) is 3.52. The highest BCUT2D eigenvalue weighted by atomic mass is 19.1. The lowest BCUT2D eigenvalue weighted by molar-refractivity contribution is -0.120. The molecule has 0 radical (unpaired) electrons. The number of amides is 3. The van der Waals surface area contributed by atoms with E-state index in [2.05, 4.69) is 10.6 Å². The quantitative estimate of drug-likeness (QED) is 0.586. The molecule has 0 fully saturated rings. The molecule has 32 heavy (non-hydrogen) atoms. The predicted octanol–water partition coefficient (Wildman–Crippen LogP) is 4.49. The van der Waals surface area contributed by atoms with Crippen LogP contribution >= 0.6 is 0 Å². The third-order valence-electron chi connectivity index (χ3n) is 4.95. The van der Waals surface area contributed by atoms with Crippen molar-refractivity contribution in [2.45, 2.75) is 13.8 Å². The second-order valence-electron chi connectivity index (χ2n) is 7.43. The number of aryl methyl sites for hydroxylation is 1. The Morgan fingerprint density at radius 3 is 2.16 bits per heavy atom. The van der Waals surface area contributed by atoms with Crippen LogP contribution in [0.15, 0.2) is 78.5 Å². The van der Waals surface area contributed by atoms with Gasteiger partial charge in [-0.3, -0.25) is 14.4 Å². The number of anilines is 3. The first-order valence-corrected chi connectivity index (χ1v) is 9.94. The second kappa shape index (κ2) is 8.47. The number of benzene rings is 3. The molecule has 160 valence electrons. The van der Waals surface area contributed by atoms with Crippen LogP contribution in [0.5, 0.6) is 0 Å². The van der Waals surface area contributed by atoms with Crippen LogP contribution in [-0.4, -0.2) is 17.7 Å². The van der Waals surface area contributed by atoms with Crippen LogP contribution in [0.2, 0.25) is 0 Å². The van der Waals surface area contributed by atoms with E-state index in [1.807, 2.05) is 13.0 Å². The molecule has 3 aromatic carbocycles. The molecule has 0 unspecified atom stereocenters. The van der Waals surface area contributed by atoms with Gasteiger partial charge >= 0.3 is 0 Å².